The minimum atomic E-state index is -0.387. The quantitative estimate of drug-likeness (QED) is 0.748. The summed E-state index contributed by atoms with van der Waals surface area (Å²) in [5.74, 6) is 0. The summed E-state index contributed by atoms with van der Waals surface area (Å²) < 4.78 is 1.94. The lowest BCUT2D eigenvalue weighted by Crippen LogP contribution is -2.32. The molecule has 0 bridgehead atoms. The van der Waals surface area contributed by atoms with Gasteiger partial charge in [0.05, 0.1) is 30.7 Å². The molecule has 8 nitrogen and oxygen atoms in total. The molecule has 1 N–H and O–H groups in total. The number of nitrogens with zero attached hydrogens (tertiary/aromatic N) is 6. The number of anilines is 1. The molecular formula is C17H18ClN7O. The van der Waals surface area contributed by atoms with Crippen molar-refractivity contribution in [3.63, 3.8) is 0 Å². The molecule has 4 rings (SSSR count). The molecule has 9 heteroatoms. The molecule has 0 unspecified atom stereocenters. The zero-order chi connectivity index (χ0) is 18.1. The first-order valence-corrected chi connectivity index (χ1v) is 8.87. The van der Waals surface area contributed by atoms with Crippen molar-refractivity contribution in [1.82, 2.24) is 30.2 Å². The molecule has 4 heterocycles. The highest BCUT2D eigenvalue weighted by Gasteiger charge is 2.24. The normalized spacial score (nSPS) is 13.7. The largest absolute Gasteiger partial charge is 0.362 e. The Balaban J connectivity index is 1.59. The second-order valence-electron chi connectivity index (χ2n) is 6.17. The van der Waals surface area contributed by atoms with Crippen molar-refractivity contribution in [2.24, 2.45) is 0 Å². The summed E-state index contributed by atoms with van der Waals surface area (Å²) in [7, 11) is 0. The number of hydrogen-bond donors (Lipinski definition) is 1. The molecule has 0 aromatic carbocycles. The van der Waals surface area contributed by atoms with Gasteiger partial charge >= 0.3 is 0 Å². The average molecular weight is 372 g/mol. The lowest BCUT2D eigenvalue weighted by molar-refractivity contribution is 0.602. The molecule has 0 saturated carbocycles. The summed E-state index contributed by atoms with van der Waals surface area (Å²) in [5, 5.41) is 15.0. The van der Waals surface area contributed by atoms with Gasteiger partial charge in [-0.1, -0.05) is 29.8 Å². The fourth-order valence-corrected chi connectivity index (χ4v) is 3.50. The Labute approximate surface area is 154 Å². The van der Waals surface area contributed by atoms with Gasteiger partial charge in [-0.2, -0.15) is 5.10 Å². The number of pyridine rings is 1. The standard InChI is InChI=1S/C17H18ClN7O/c1-2-12-11(4-3-6-19-12)9-25-14-5-7-24(10-13(14)21-23-25)15-8-20-22-17(26)16(15)18/h3-4,6,8H,2,5,7,9-10H2,1H3,(H,22,26). The van der Waals surface area contributed by atoms with E-state index in [1.54, 1.807) is 6.20 Å². The fourth-order valence-electron chi connectivity index (χ4n) is 3.29. The van der Waals surface area contributed by atoms with E-state index in [-0.39, 0.29) is 10.6 Å². The molecule has 26 heavy (non-hydrogen) atoms. The summed E-state index contributed by atoms with van der Waals surface area (Å²) in [4.78, 5) is 18.1. The van der Waals surface area contributed by atoms with Crippen LogP contribution in [0.1, 0.15) is 29.6 Å². The molecule has 3 aromatic rings. The molecule has 0 aliphatic carbocycles. The van der Waals surface area contributed by atoms with Crippen molar-refractivity contribution in [3.8, 4) is 0 Å². The number of H-pyrrole nitrogens is 1. The second kappa shape index (κ2) is 6.87. The number of nitrogens with one attached hydrogen (secondary N) is 1. The summed E-state index contributed by atoms with van der Waals surface area (Å²) in [5.41, 5.74) is 4.48. The van der Waals surface area contributed by atoms with Crippen molar-refractivity contribution >= 4 is 17.3 Å². The third-order valence-electron chi connectivity index (χ3n) is 4.63. The third kappa shape index (κ3) is 2.96. The molecule has 0 spiro atoms. The van der Waals surface area contributed by atoms with E-state index in [1.807, 2.05) is 21.8 Å². The van der Waals surface area contributed by atoms with E-state index in [0.717, 1.165) is 42.0 Å². The number of aryl methyl sites for hydroxylation is 1. The van der Waals surface area contributed by atoms with Gasteiger partial charge in [0.25, 0.3) is 5.56 Å². The van der Waals surface area contributed by atoms with Crippen molar-refractivity contribution in [3.05, 3.63) is 62.5 Å². The van der Waals surface area contributed by atoms with Gasteiger partial charge in [0.2, 0.25) is 0 Å². The van der Waals surface area contributed by atoms with E-state index in [0.29, 0.717) is 18.8 Å². The maximum absolute atomic E-state index is 11.7. The number of halogens is 1. The van der Waals surface area contributed by atoms with E-state index in [9.17, 15) is 4.79 Å². The Morgan fingerprint density at radius 3 is 3.12 bits per heavy atom. The Kier molecular flexibility index (Phi) is 4.42. The number of aromatic nitrogens is 6. The van der Waals surface area contributed by atoms with Gasteiger partial charge in [-0.3, -0.25) is 9.78 Å². The predicted molar refractivity (Wildman–Crippen MR) is 97.4 cm³/mol. The van der Waals surface area contributed by atoms with Gasteiger partial charge in [-0.25, -0.2) is 9.78 Å². The smallest absolute Gasteiger partial charge is 0.285 e. The molecular weight excluding hydrogens is 354 g/mol. The molecule has 0 fully saturated rings. The SMILES string of the molecule is CCc1ncccc1Cn1nnc2c1CCN(c1cn[nH]c(=O)c1Cl)C2. The summed E-state index contributed by atoms with van der Waals surface area (Å²) in [6.45, 7) is 4.03. The number of aromatic amines is 1. The maximum atomic E-state index is 11.7. The molecule has 1 aliphatic heterocycles. The van der Waals surface area contributed by atoms with Crippen LogP contribution < -0.4 is 10.5 Å². The molecule has 0 saturated heterocycles. The molecule has 0 atom stereocenters. The molecule has 3 aromatic heterocycles. The average Bonchev–Trinajstić information content (AvgIpc) is 3.06. The van der Waals surface area contributed by atoms with E-state index in [2.05, 4.69) is 38.5 Å². The van der Waals surface area contributed by atoms with Crippen molar-refractivity contribution in [1.29, 1.82) is 0 Å². The Bertz CT molecular complexity index is 997. The van der Waals surface area contributed by atoms with E-state index in [1.165, 1.54) is 0 Å². The van der Waals surface area contributed by atoms with Crippen molar-refractivity contribution in [2.75, 3.05) is 11.4 Å². The third-order valence-corrected chi connectivity index (χ3v) is 5.00. The van der Waals surface area contributed by atoms with E-state index >= 15 is 0 Å². The van der Waals surface area contributed by atoms with Crippen LogP contribution in [-0.2, 0) is 25.9 Å². The van der Waals surface area contributed by atoms with Crippen LogP contribution in [0, 0.1) is 0 Å². The molecule has 0 amide bonds. The number of fused-ring (bicyclic) bond motifs is 1. The first-order chi connectivity index (χ1) is 12.7. The monoisotopic (exact) mass is 371 g/mol. The van der Waals surface area contributed by atoms with Crippen LogP contribution in [0.5, 0.6) is 0 Å². The first-order valence-electron chi connectivity index (χ1n) is 8.49. The van der Waals surface area contributed by atoms with Crippen LogP contribution >= 0.6 is 11.6 Å². The minimum Gasteiger partial charge on any atom is -0.362 e. The van der Waals surface area contributed by atoms with Gasteiger partial charge < -0.3 is 4.90 Å². The van der Waals surface area contributed by atoms with Gasteiger partial charge in [0.15, 0.2) is 0 Å². The van der Waals surface area contributed by atoms with Crippen LogP contribution in [-0.4, -0.2) is 36.7 Å². The molecule has 134 valence electrons. The second-order valence-corrected chi connectivity index (χ2v) is 6.55. The van der Waals surface area contributed by atoms with Crippen LogP contribution in [0.25, 0.3) is 0 Å². The highest BCUT2D eigenvalue weighted by molar-refractivity contribution is 6.32. The summed E-state index contributed by atoms with van der Waals surface area (Å²) in [6, 6.07) is 4.03. The maximum Gasteiger partial charge on any atom is 0.285 e. The first kappa shape index (κ1) is 16.7. The minimum absolute atomic E-state index is 0.152. The topological polar surface area (TPSA) is 92.6 Å². The van der Waals surface area contributed by atoms with Gasteiger partial charge in [0.1, 0.15) is 10.7 Å². The lowest BCUT2D eigenvalue weighted by Gasteiger charge is -2.28. The Hall–Kier alpha value is -2.74. The fraction of sp³-hybridized carbons (Fsp3) is 0.353. The zero-order valence-corrected chi connectivity index (χ0v) is 15.1. The van der Waals surface area contributed by atoms with Crippen LogP contribution in [0.15, 0.2) is 29.3 Å². The predicted octanol–water partition coefficient (Wildman–Crippen LogP) is 1.58. The van der Waals surface area contributed by atoms with E-state index < -0.39 is 0 Å². The summed E-state index contributed by atoms with van der Waals surface area (Å²) >= 11 is 6.13. The number of rotatable bonds is 4. The molecule has 0 radical (unpaired) electrons. The Morgan fingerprint density at radius 1 is 1.38 bits per heavy atom. The summed E-state index contributed by atoms with van der Waals surface area (Å²) in [6.07, 6.45) is 5.04. The van der Waals surface area contributed by atoms with E-state index in [4.69, 9.17) is 11.6 Å². The zero-order valence-electron chi connectivity index (χ0n) is 14.3. The van der Waals surface area contributed by atoms with Gasteiger partial charge in [0, 0.05) is 24.9 Å². The molecule has 1 aliphatic rings. The van der Waals surface area contributed by atoms with Crippen LogP contribution in [0.3, 0.4) is 0 Å². The highest BCUT2D eigenvalue weighted by atomic mass is 35.5. The highest BCUT2D eigenvalue weighted by Crippen LogP contribution is 2.26. The van der Waals surface area contributed by atoms with Crippen molar-refractivity contribution in [2.45, 2.75) is 32.9 Å². The number of hydrogen-bond acceptors (Lipinski definition) is 6. The van der Waals surface area contributed by atoms with Crippen LogP contribution in [0.4, 0.5) is 5.69 Å². The van der Waals surface area contributed by atoms with Gasteiger partial charge in [-0.15, -0.1) is 5.10 Å². The lowest BCUT2D eigenvalue weighted by atomic mass is 10.1. The Morgan fingerprint density at radius 2 is 2.27 bits per heavy atom. The van der Waals surface area contributed by atoms with Gasteiger partial charge in [-0.05, 0) is 18.1 Å². The van der Waals surface area contributed by atoms with Crippen LogP contribution in [0.2, 0.25) is 5.02 Å². The van der Waals surface area contributed by atoms with Crippen molar-refractivity contribution < 1.29 is 0 Å².